The minimum Gasteiger partial charge on any atom is -0.348 e. The molecule has 1 saturated heterocycles. The minimum absolute atomic E-state index is 0.192. The van der Waals surface area contributed by atoms with Gasteiger partial charge >= 0.3 is 0 Å². The lowest BCUT2D eigenvalue weighted by Gasteiger charge is -2.22. The highest BCUT2D eigenvalue weighted by Gasteiger charge is 2.40. The number of fused-ring (bicyclic) bond motifs is 1. The first-order valence-corrected chi connectivity index (χ1v) is 12.8. The zero-order valence-corrected chi connectivity index (χ0v) is 20.0. The van der Waals surface area contributed by atoms with Crippen molar-refractivity contribution in [3.63, 3.8) is 0 Å². The molecule has 2 N–H and O–H groups in total. The summed E-state index contributed by atoms with van der Waals surface area (Å²) >= 11 is 0. The topological polar surface area (TPSA) is 85.8 Å². The average molecular weight is 480 g/mol. The van der Waals surface area contributed by atoms with Gasteiger partial charge in [0.1, 0.15) is 5.82 Å². The third-order valence-electron chi connectivity index (χ3n) is 5.13. The number of nitrogens with two attached hydrogens (primary N) is 1. The smallest absolute Gasteiger partial charge is 0.266 e. The van der Waals surface area contributed by atoms with Crippen LogP contribution in [0.15, 0.2) is 29.2 Å². The molecule has 0 aliphatic carbocycles. The van der Waals surface area contributed by atoms with Gasteiger partial charge < -0.3 is 10.6 Å². The summed E-state index contributed by atoms with van der Waals surface area (Å²) in [7, 11) is 3.39. The molecule has 0 spiro atoms. The Morgan fingerprint density at radius 3 is 2.66 bits per heavy atom. The molecule has 2 aromatic heterocycles. The number of aromatic nitrogens is 5. The zero-order valence-electron chi connectivity index (χ0n) is 18.4. The summed E-state index contributed by atoms with van der Waals surface area (Å²) in [6.07, 6.45) is -0.192. The van der Waals surface area contributed by atoms with E-state index in [9.17, 15) is 8.78 Å². The van der Waals surface area contributed by atoms with Crippen LogP contribution < -0.4 is 10.6 Å². The number of anilines is 1. The van der Waals surface area contributed by atoms with Crippen LogP contribution in [-0.4, -0.2) is 56.3 Å². The Bertz CT molecular complexity index is 1100. The SMILES string of the molecule is CC(C)(C)c1nc(N2CCC(F)(F)C2)c2nnn(Cc3ccccc3SSCCN)c2n1. The summed E-state index contributed by atoms with van der Waals surface area (Å²) in [6, 6.07) is 8.10. The molecule has 0 atom stereocenters. The summed E-state index contributed by atoms with van der Waals surface area (Å²) in [5.74, 6) is -0.853. The molecule has 0 bridgehead atoms. The molecule has 1 aromatic carbocycles. The summed E-state index contributed by atoms with van der Waals surface area (Å²) in [4.78, 5) is 12.1. The maximum atomic E-state index is 13.9. The van der Waals surface area contributed by atoms with Gasteiger partial charge in [-0.15, -0.1) is 5.10 Å². The van der Waals surface area contributed by atoms with Crippen molar-refractivity contribution >= 4 is 38.6 Å². The lowest BCUT2D eigenvalue weighted by Crippen LogP contribution is -2.27. The Morgan fingerprint density at radius 2 is 1.97 bits per heavy atom. The van der Waals surface area contributed by atoms with Gasteiger partial charge in [-0.05, 0) is 11.6 Å². The Balaban J connectivity index is 1.74. The number of halogens is 2. The number of hydrogen-bond donors (Lipinski definition) is 1. The van der Waals surface area contributed by atoms with Gasteiger partial charge in [0.2, 0.25) is 0 Å². The van der Waals surface area contributed by atoms with Gasteiger partial charge in [0.15, 0.2) is 17.0 Å². The molecule has 0 unspecified atom stereocenters. The summed E-state index contributed by atoms with van der Waals surface area (Å²) in [5, 5.41) is 8.64. The van der Waals surface area contributed by atoms with Gasteiger partial charge in [-0.1, -0.05) is 65.8 Å². The molecular weight excluding hydrogens is 452 g/mol. The van der Waals surface area contributed by atoms with E-state index in [0.29, 0.717) is 35.9 Å². The summed E-state index contributed by atoms with van der Waals surface area (Å²) in [5.41, 5.74) is 7.36. The normalized spacial score (nSPS) is 16.2. The predicted molar refractivity (Wildman–Crippen MR) is 127 cm³/mol. The molecule has 1 aliphatic rings. The van der Waals surface area contributed by atoms with Crippen molar-refractivity contribution in [2.24, 2.45) is 5.73 Å². The molecule has 0 amide bonds. The monoisotopic (exact) mass is 479 g/mol. The van der Waals surface area contributed by atoms with Crippen molar-refractivity contribution in [1.29, 1.82) is 0 Å². The second-order valence-corrected chi connectivity index (χ2v) is 11.3. The van der Waals surface area contributed by atoms with E-state index in [1.165, 1.54) is 0 Å². The molecule has 1 aliphatic heterocycles. The standard InChI is InChI=1S/C21H27F2N7S2/c1-20(2,3)19-25-17(29-10-8-21(22,23)13-29)16-18(26-19)30(28-27-16)12-14-6-4-5-7-15(14)32-31-11-9-24/h4-7H,8-13,24H2,1-3H3. The first-order chi connectivity index (χ1) is 15.2. The maximum absolute atomic E-state index is 13.9. The Labute approximate surface area is 193 Å². The predicted octanol–water partition coefficient (Wildman–Crippen LogP) is 4.11. The van der Waals surface area contributed by atoms with Crippen LogP contribution in [-0.2, 0) is 12.0 Å². The van der Waals surface area contributed by atoms with Crippen LogP contribution in [0, 0.1) is 0 Å². The van der Waals surface area contributed by atoms with Gasteiger partial charge in [-0.3, -0.25) is 0 Å². The molecule has 7 nitrogen and oxygen atoms in total. The third-order valence-corrected chi connectivity index (χ3v) is 7.62. The van der Waals surface area contributed by atoms with Gasteiger partial charge in [-0.2, -0.15) is 0 Å². The molecule has 3 heterocycles. The molecule has 4 rings (SSSR count). The van der Waals surface area contributed by atoms with Crippen molar-refractivity contribution < 1.29 is 8.78 Å². The molecule has 172 valence electrons. The average Bonchev–Trinajstić information content (AvgIpc) is 3.31. The molecule has 11 heteroatoms. The second-order valence-electron chi connectivity index (χ2n) is 8.87. The van der Waals surface area contributed by atoms with Crippen LogP contribution in [0.3, 0.4) is 0 Å². The summed E-state index contributed by atoms with van der Waals surface area (Å²) in [6.45, 7) is 6.97. The van der Waals surface area contributed by atoms with Crippen molar-refractivity contribution in [3.8, 4) is 0 Å². The van der Waals surface area contributed by atoms with Crippen LogP contribution >= 0.6 is 21.6 Å². The Morgan fingerprint density at radius 1 is 1.19 bits per heavy atom. The maximum Gasteiger partial charge on any atom is 0.266 e. The van der Waals surface area contributed by atoms with Crippen molar-refractivity contribution in [3.05, 3.63) is 35.7 Å². The molecule has 0 saturated carbocycles. The van der Waals surface area contributed by atoms with Crippen LogP contribution in [0.2, 0.25) is 0 Å². The molecule has 0 radical (unpaired) electrons. The number of rotatable bonds is 7. The largest absolute Gasteiger partial charge is 0.348 e. The lowest BCUT2D eigenvalue weighted by atomic mass is 9.96. The number of nitrogens with zero attached hydrogens (tertiary/aromatic N) is 6. The van der Waals surface area contributed by atoms with Crippen molar-refractivity contribution in [2.45, 2.75) is 50.0 Å². The zero-order chi connectivity index (χ0) is 22.9. The van der Waals surface area contributed by atoms with Crippen LogP contribution in [0.5, 0.6) is 0 Å². The molecule has 32 heavy (non-hydrogen) atoms. The van der Waals surface area contributed by atoms with Gasteiger partial charge in [-0.25, -0.2) is 23.4 Å². The number of alkyl halides is 2. The summed E-state index contributed by atoms with van der Waals surface area (Å²) < 4.78 is 29.6. The van der Waals surface area contributed by atoms with E-state index in [1.54, 1.807) is 31.2 Å². The van der Waals surface area contributed by atoms with E-state index < -0.39 is 5.92 Å². The van der Waals surface area contributed by atoms with Crippen LogP contribution in [0.4, 0.5) is 14.6 Å². The number of hydrogen-bond acceptors (Lipinski definition) is 8. The second kappa shape index (κ2) is 9.11. The van der Waals surface area contributed by atoms with Gasteiger partial charge in [0, 0.05) is 35.6 Å². The highest BCUT2D eigenvalue weighted by Crippen LogP contribution is 2.36. The minimum atomic E-state index is -2.73. The molecule has 1 fully saturated rings. The van der Waals surface area contributed by atoms with Crippen LogP contribution in [0.1, 0.15) is 38.6 Å². The van der Waals surface area contributed by atoms with E-state index in [0.717, 1.165) is 16.2 Å². The van der Waals surface area contributed by atoms with Gasteiger partial charge in [0.05, 0.1) is 13.1 Å². The highest BCUT2D eigenvalue weighted by molar-refractivity contribution is 8.76. The Hall–Kier alpha value is -1.98. The quantitative estimate of drug-likeness (QED) is 0.400. The van der Waals surface area contributed by atoms with E-state index in [2.05, 4.69) is 21.4 Å². The van der Waals surface area contributed by atoms with E-state index in [-0.39, 0.29) is 24.9 Å². The highest BCUT2D eigenvalue weighted by atomic mass is 33.1. The van der Waals surface area contributed by atoms with E-state index in [4.69, 9.17) is 10.7 Å². The lowest BCUT2D eigenvalue weighted by molar-refractivity contribution is 0.0257. The molecular formula is C21H27F2N7S2. The fraction of sp³-hybridized carbons (Fsp3) is 0.524. The van der Waals surface area contributed by atoms with Crippen molar-refractivity contribution in [2.75, 3.05) is 30.3 Å². The van der Waals surface area contributed by atoms with Crippen LogP contribution in [0.25, 0.3) is 11.2 Å². The van der Waals surface area contributed by atoms with Crippen molar-refractivity contribution in [1.82, 2.24) is 25.0 Å². The van der Waals surface area contributed by atoms with Gasteiger partial charge in [0.25, 0.3) is 5.92 Å². The molecule has 3 aromatic rings. The number of benzene rings is 1. The fourth-order valence-electron chi connectivity index (χ4n) is 3.45. The first kappa shape index (κ1) is 23.2. The fourth-order valence-corrected chi connectivity index (χ4v) is 5.54. The third kappa shape index (κ3) is 4.99. The van der Waals surface area contributed by atoms with E-state index >= 15 is 0 Å². The first-order valence-electron chi connectivity index (χ1n) is 10.5. The van der Waals surface area contributed by atoms with E-state index in [1.807, 2.05) is 39.0 Å². The Kier molecular flexibility index (Phi) is 6.60.